The van der Waals surface area contributed by atoms with E-state index < -0.39 is 11.9 Å². The van der Waals surface area contributed by atoms with Crippen molar-refractivity contribution in [2.75, 3.05) is 13.2 Å². The quantitative estimate of drug-likeness (QED) is 0.341. The average molecular weight is 358 g/mol. The number of hydrogen-bond acceptors (Lipinski definition) is 6. The molecule has 126 valence electrons. The zero-order valence-electron chi connectivity index (χ0n) is 13.4. The molecule has 0 N–H and O–H groups in total. The van der Waals surface area contributed by atoms with Crippen molar-refractivity contribution >= 4 is 11.9 Å². The molecule has 1 unspecified atom stereocenters. The molecule has 0 radical (unpaired) electrons. The van der Waals surface area contributed by atoms with E-state index in [2.05, 4.69) is 0 Å². The Labute approximate surface area is 188 Å². The van der Waals surface area contributed by atoms with Gasteiger partial charge in [-0.1, -0.05) is 21.8 Å². The second-order valence-corrected chi connectivity index (χ2v) is 4.26. The molecule has 1 atom stereocenters. The Bertz CT molecular complexity index is 461. The Kier molecular flexibility index (Phi) is 21.6. The summed E-state index contributed by atoms with van der Waals surface area (Å²) in [5, 5.41) is 21.6. The fourth-order valence-electron chi connectivity index (χ4n) is 1.44. The van der Waals surface area contributed by atoms with Gasteiger partial charge in [-0.2, -0.15) is 0 Å². The number of benzene rings is 1. The van der Waals surface area contributed by atoms with Gasteiger partial charge < -0.3 is 29.3 Å². The maximum Gasteiger partial charge on any atom is 1.00 e. The maximum atomic E-state index is 10.8. The number of rotatable bonds is 8. The SMILES string of the molecule is C.C.CCC(C)OCCOc1cc(C(=O)[O-])cc(C(=O)[O-])c1.[Na+].[Na+]. The summed E-state index contributed by atoms with van der Waals surface area (Å²) in [5.41, 5.74) is -0.547. The molecule has 0 saturated carbocycles. The predicted molar refractivity (Wildman–Crippen MR) is 79.8 cm³/mol. The molecule has 0 aromatic heterocycles. The third-order valence-electron chi connectivity index (χ3n) is 2.71. The second kappa shape index (κ2) is 16.4. The zero-order valence-corrected chi connectivity index (χ0v) is 17.4. The van der Waals surface area contributed by atoms with Crippen molar-refractivity contribution in [2.45, 2.75) is 41.2 Å². The van der Waals surface area contributed by atoms with Gasteiger partial charge in [-0.25, -0.2) is 0 Å². The van der Waals surface area contributed by atoms with Crippen molar-refractivity contribution in [3.05, 3.63) is 29.3 Å². The van der Waals surface area contributed by atoms with Gasteiger partial charge in [0.05, 0.1) is 24.6 Å². The number of ether oxygens (including phenoxy) is 2. The molecule has 1 rings (SSSR count). The summed E-state index contributed by atoms with van der Waals surface area (Å²) < 4.78 is 10.7. The molecule has 0 aliphatic rings. The van der Waals surface area contributed by atoms with Crippen LogP contribution in [0.3, 0.4) is 0 Å². The number of carbonyl (C=O) groups excluding carboxylic acids is 2. The largest absolute Gasteiger partial charge is 1.00 e. The fraction of sp³-hybridized carbons (Fsp3) is 0.500. The molecule has 0 aliphatic heterocycles. The van der Waals surface area contributed by atoms with E-state index in [1.54, 1.807) is 0 Å². The van der Waals surface area contributed by atoms with Crippen LogP contribution in [0.1, 0.15) is 55.8 Å². The first-order valence-electron chi connectivity index (χ1n) is 6.26. The third kappa shape index (κ3) is 11.5. The molecule has 0 bridgehead atoms. The predicted octanol–water partition coefficient (Wildman–Crippen LogP) is -5.11. The van der Waals surface area contributed by atoms with Gasteiger partial charge in [0.2, 0.25) is 0 Å². The van der Waals surface area contributed by atoms with E-state index in [0.717, 1.165) is 12.5 Å². The minimum absolute atomic E-state index is 0. The molecule has 0 heterocycles. The van der Waals surface area contributed by atoms with Crippen LogP contribution in [0.15, 0.2) is 18.2 Å². The molecule has 1 aromatic rings. The standard InChI is InChI=1S/C14H18O6.2CH4.2Na/c1-3-9(2)19-4-5-20-12-7-10(13(15)16)6-11(8-12)14(17)18;;;;/h6-9H,3-5H2,1-2H3,(H,15,16)(H,17,18);2*1H4;;/q;;;2*+1/p-2. The van der Waals surface area contributed by atoms with Crippen LogP contribution in [0, 0.1) is 0 Å². The van der Waals surface area contributed by atoms with E-state index in [-0.39, 0.29) is 104 Å². The average Bonchev–Trinajstić information content (AvgIpc) is 2.42. The van der Waals surface area contributed by atoms with Crippen LogP contribution in [-0.4, -0.2) is 31.3 Å². The molecule has 0 amide bonds. The minimum atomic E-state index is -1.48. The molecule has 0 aliphatic carbocycles. The van der Waals surface area contributed by atoms with Crippen molar-refractivity contribution in [1.82, 2.24) is 0 Å². The number of carboxylic acids is 2. The topological polar surface area (TPSA) is 98.7 Å². The summed E-state index contributed by atoms with van der Waals surface area (Å²) in [6.45, 7) is 4.42. The summed E-state index contributed by atoms with van der Waals surface area (Å²) in [6.07, 6.45) is 0.974. The summed E-state index contributed by atoms with van der Waals surface area (Å²) in [6, 6.07) is 3.36. The normalized spacial score (nSPS) is 9.92. The van der Waals surface area contributed by atoms with E-state index in [1.165, 1.54) is 12.1 Å². The Balaban J connectivity index is -0.000000500. The molecular formula is C16H24Na2O6. The molecule has 0 saturated heterocycles. The number of carbonyl (C=O) groups is 2. The Morgan fingerprint density at radius 1 is 1.00 bits per heavy atom. The van der Waals surface area contributed by atoms with Crippen molar-refractivity contribution < 1.29 is 88.4 Å². The molecule has 8 heteroatoms. The Morgan fingerprint density at radius 2 is 1.46 bits per heavy atom. The first-order chi connectivity index (χ1) is 9.43. The van der Waals surface area contributed by atoms with Crippen LogP contribution in [0.25, 0.3) is 0 Å². The van der Waals surface area contributed by atoms with Gasteiger partial charge in [0.1, 0.15) is 12.4 Å². The molecule has 6 nitrogen and oxygen atoms in total. The van der Waals surface area contributed by atoms with E-state index in [9.17, 15) is 19.8 Å². The van der Waals surface area contributed by atoms with Gasteiger partial charge in [-0.05, 0) is 31.5 Å². The monoisotopic (exact) mass is 358 g/mol. The van der Waals surface area contributed by atoms with Crippen LogP contribution in [0.2, 0.25) is 0 Å². The van der Waals surface area contributed by atoms with Gasteiger partial charge in [0.15, 0.2) is 0 Å². The fourth-order valence-corrected chi connectivity index (χ4v) is 1.44. The minimum Gasteiger partial charge on any atom is -0.545 e. The van der Waals surface area contributed by atoms with Crippen LogP contribution in [0.5, 0.6) is 5.75 Å². The smallest absolute Gasteiger partial charge is 0.545 e. The molecule has 0 spiro atoms. The van der Waals surface area contributed by atoms with Gasteiger partial charge in [-0.3, -0.25) is 0 Å². The summed E-state index contributed by atoms with van der Waals surface area (Å²) >= 11 is 0. The Morgan fingerprint density at radius 3 is 1.83 bits per heavy atom. The van der Waals surface area contributed by atoms with Crippen LogP contribution >= 0.6 is 0 Å². The van der Waals surface area contributed by atoms with Gasteiger partial charge in [-0.15, -0.1) is 0 Å². The number of carboxylic acid groups (broad SMARTS) is 2. The van der Waals surface area contributed by atoms with E-state index in [0.29, 0.717) is 6.61 Å². The molecular weight excluding hydrogens is 334 g/mol. The van der Waals surface area contributed by atoms with Crippen molar-refractivity contribution in [2.24, 2.45) is 0 Å². The molecule has 1 aromatic carbocycles. The summed E-state index contributed by atoms with van der Waals surface area (Å²) in [4.78, 5) is 21.6. The van der Waals surface area contributed by atoms with Crippen LogP contribution in [0.4, 0.5) is 0 Å². The zero-order chi connectivity index (χ0) is 15.1. The second-order valence-electron chi connectivity index (χ2n) is 4.26. The number of hydrogen-bond donors (Lipinski definition) is 0. The summed E-state index contributed by atoms with van der Waals surface area (Å²) in [5.74, 6) is -2.83. The van der Waals surface area contributed by atoms with E-state index in [1.807, 2.05) is 13.8 Å². The molecule has 0 fully saturated rings. The van der Waals surface area contributed by atoms with Gasteiger partial charge >= 0.3 is 59.1 Å². The van der Waals surface area contributed by atoms with Crippen molar-refractivity contribution in [3.8, 4) is 5.75 Å². The number of aromatic carboxylic acids is 2. The van der Waals surface area contributed by atoms with Crippen LogP contribution in [-0.2, 0) is 4.74 Å². The van der Waals surface area contributed by atoms with Gasteiger partial charge in [0, 0.05) is 11.1 Å². The van der Waals surface area contributed by atoms with E-state index >= 15 is 0 Å². The van der Waals surface area contributed by atoms with E-state index in [4.69, 9.17) is 9.47 Å². The van der Waals surface area contributed by atoms with Crippen molar-refractivity contribution in [1.29, 1.82) is 0 Å². The first-order valence-corrected chi connectivity index (χ1v) is 6.26. The van der Waals surface area contributed by atoms with Crippen LogP contribution < -0.4 is 74.1 Å². The molecule has 24 heavy (non-hydrogen) atoms. The van der Waals surface area contributed by atoms with Gasteiger partial charge in [0.25, 0.3) is 0 Å². The first kappa shape index (κ1) is 31.7. The third-order valence-corrected chi connectivity index (χ3v) is 2.71. The maximum absolute atomic E-state index is 10.8. The van der Waals surface area contributed by atoms with Crippen molar-refractivity contribution in [3.63, 3.8) is 0 Å². The summed E-state index contributed by atoms with van der Waals surface area (Å²) in [7, 11) is 0. The Hall–Kier alpha value is -0.0800.